The standard InChI is InChI=1S/C18H22O.C2H6/c1-13-6-9-16(10-7-13)19-17-11-8-15-5-3-4-14(2)18(15)12-17;1-2/h3-5,8,11-13,16H,6-7,9-10H2,1-2H3;1-2H3. The van der Waals surface area contributed by atoms with E-state index in [1.54, 1.807) is 0 Å². The first kappa shape index (κ1) is 15.9. The molecule has 2 aromatic carbocycles. The molecule has 1 heteroatoms. The number of hydrogen-bond acceptors (Lipinski definition) is 1. The van der Waals surface area contributed by atoms with Gasteiger partial charge in [0.05, 0.1) is 6.10 Å². The predicted octanol–water partition coefficient (Wildman–Crippen LogP) is 6.13. The second-order valence-electron chi connectivity index (χ2n) is 5.96. The first-order chi connectivity index (χ1) is 10.2. The van der Waals surface area contributed by atoms with Gasteiger partial charge < -0.3 is 4.74 Å². The van der Waals surface area contributed by atoms with Gasteiger partial charge in [-0.2, -0.15) is 0 Å². The van der Waals surface area contributed by atoms with E-state index >= 15 is 0 Å². The largest absolute Gasteiger partial charge is 0.490 e. The first-order valence-corrected chi connectivity index (χ1v) is 8.38. The number of hydrogen-bond donors (Lipinski definition) is 0. The minimum atomic E-state index is 0.415. The van der Waals surface area contributed by atoms with Gasteiger partial charge in [-0.15, -0.1) is 0 Å². The molecule has 2 aromatic rings. The van der Waals surface area contributed by atoms with Crippen LogP contribution in [0.25, 0.3) is 10.8 Å². The third-order valence-electron chi connectivity index (χ3n) is 4.34. The van der Waals surface area contributed by atoms with E-state index in [4.69, 9.17) is 4.74 Å². The summed E-state index contributed by atoms with van der Waals surface area (Å²) in [5.74, 6) is 1.90. The summed E-state index contributed by atoms with van der Waals surface area (Å²) < 4.78 is 6.17. The topological polar surface area (TPSA) is 9.23 Å². The molecule has 0 amide bonds. The van der Waals surface area contributed by atoms with Crippen LogP contribution in [0.15, 0.2) is 36.4 Å². The van der Waals surface area contributed by atoms with Crippen molar-refractivity contribution < 1.29 is 4.74 Å². The van der Waals surface area contributed by atoms with Crippen LogP contribution in [-0.4, -0.2) is 6.10 Å². The Morgan fingerprint density at radius 3 is 2.38 bits per heavy atom. The lowest BCUT2D eigenvalue weighted by Gasteiger charge is -2.27. The molecule has 1 saturated carbocycles. The third kappa shape index (κ3) is 4.00. The predicted molar refractivity (Wildman–Crippen MR) is 92.1 cm³/mol. The van der Waals surface area contributed by atoms with Crippen molar-refractivity contribution >= 4 is 10.8 Å². The molecule has 0 N–H and O–H groups in total. The van der Waals surface area contributed by atoms with Gasteiger partial charge in [0.2, 0.25) is 0 Å². The lowest BCUT2D eigenvalue weighted by molar-refractivity contribution is 0.135. The molecule has 0 saturated heterocycles. The van der Waals surface area contributed by atoms with Crippen molar-refractivity contribution in [2.75, 3.05) is 0 Å². The Hall–Kier alpha value is -1.50. The maximum Gasteiger partial charge on any atom is 0.120 e. The molecule has 1 aliphatic rings. The summed E-state index contributed by atoms with van der Waals surface area (Å²) in [7, 11) is 0. The van der Waals surface area contributed by atoms with E-state index in [1.165, 1.54) is 42.0 Å². The monoisotopic (exact) mass is 284 g/mol. The highest BCUT2D eigenvalue weighted by Crippen LogP contribution is 2.29. The van der Waals surface area contributed by atoms with E-state index in [-0.39, 0.29) is 0 Å². The molecule has 0 atom stereocenters. The summed E-state index contributed by atoms with van der Waals surface area (Å²) in [5.41, 5.74) is 1.32. The molecule has 1 nitrogen and oxygen atoms in total. The van der Waals surface area contributed by atoms with Crippen LogP contribution in [0, 0.1) is 12.8 Å². The SMILES string of the molecule is CC.Cc1cccc2ccc(OC3CCC(C)CC3)cc12. The Balaban J connectivity index is 0.000000774. The smallest absolute Gasteiger partial charge is 0.120 e. The highest BCUT2D eigenvalue weighted by molar-refractivity contribution is 5.86. The van der Waals surface area contributed by atoms with Crippen LogP contribution in [0.5, 0.6) is 5.75 Å². The van der Waals surface area contributed by atoms with Crippen LogP contribution < -0.4 is 4.74 Å². The van der Waals surface area contributed by atoms with E-state index < -0.39 is 0 Å². The summed E-state index contributed by atoms with van der Waals surface area (Å²) in [6, 6.07) is 12.9. The zero-order valence-electron chi connectivity index (χ0n) is 13.9. The van der Waals surface area contributed by atoms with Crippen molar-refractivity contribution in [2.24, 2.45) is 5.92 Å². The van der Waals surface area contributed by atoms with E-state index in [2.05, 4.69) is 50.2 Å². The van der Waals surface area contributed by atoms with Crippen LogP contribution in [0.1, 0.15) is 52.0 Å². The number of benzene rings is 2. The average Bonchev–Trinajstić information content (AvgIpc) is 2.52. The minimum absolute atomic E-state index is 0.415. The molecule has 0 aromatic heterocycles. The molecule has 3 rings (SSSR count). The lowest BCUT2D eigenvalue weighted by Crippen LogP contribution is -2.22. The molecular formula is C20H28O. The summed E-state index contributed by atoms with van der Waals surface area (Å²) in [5, 5.41) is 2.61. The molecule has 0 radical (unpaired) electrons. The van der Waals surface area contributed by atoms with Crippen molar-refractivity contribution in [3.63, 3.8) is 0 Å². The van der Waals surface area contributed by atoms with Crippen molar-refractivity contribution in [1.29, 1.82) is 0 Å². The Morgan fingerprint density at radius 1 is 0.952 bits per heavy atom. The Bertz CT molecular complexity index is 565. The molecular weight excluding hydrogens is 256 g/mol. The van der Waals surface area contributed by atoms with Crippen LogP contribution in [-0.2, 0) is 0 Å². The maximum atomic E-state index is 6.17. The van der Waals surface area contributed by atoms with Crippen molar-refractivity contribution in [3.05, 3.63) is 42.0 Å². The number of fused-ring (bicyclic) bond motifs is 1. The van der Waals surface area contributed by atoms with E-state index in [0.29, 0.717) is 6.10 Å². The number of ether oxygens (including phenoxy) is 1. The van der Waals surface area contributed by atoms with Gasteiger partial charge in [-0.3, -0.25) is 0 Å². The van der Waals surface area contributed by atoms with E-state index in [0.717, 1.165) is 11.7 Å². The van der Waals surface area contributed by atoms with Gasteiger partial charge in [-0.1, -0.05) is 45.0 Å². The quantitative estimate of drug-likeness (QED) is 0.644. The van der Waals surface area contributed by atoms with Gasteiger partial charge in [-0.25, -0.2) is 0 Å². The third-order valence-corrected chi connectivity index (χ3v) is 4.34. The second kappa shape index (κ2) is 7.49. The Kier molecular flexibility index (Phi) is 5.67. The molecule has 1 aliphatic carbocycles. The van der Waals surface area contributed by atoms with Crippen LogP contribution in [0.4, 0.5) is 0 Å². The average molecular weight is 284 g/mol. The highest BCUT2D eigenvalue weighted by Gasteiger charge is 2.19. The van der Waals surface area contributed by atoms with Gasteiger partial charge in [0.15, 0.2) is 0 Å². The van der Waals surface area contributed by atoms with Crippen molar-refractivity contribution in [1.82, 2.24) is 0 Å². The van der Waals surface area contributed by atoms with E-state index in [9.17, 15) is 0 Å². The second-order valence-corrected chi connectivity index (χ2v) is 5.96. The summed E-state index contributed by atoms with van der Waals surface area (Å²) in [4.78, 5) is 0. The molecule has 21 heavy (non-hydrogen) atoms. The molecule has 1 fully saturated rings. The van der Waals surface area contributed by atoms with Gasteiger partial charge in [0, 0.05) is 0 Å². The summed E-state index contributed by atoms with van der Waals surface area (Å²) >= 11 is 0. The normalized spacial score (nSPS) is 21.5. The van der Waals surface area contributed by atoms with Crippen LogP contribution in [0.2, 0.25) is 0 Å². The summed E-state index contributed by atoms with van der Waals surface area (Å²) in [6.45, 7) is 8.50. The van der Waals surface area contributed by atoms with Gasteiger partial charge in [0.1, 0.15) is 5.75 Å². The molecule has 0 aliphatic heterocycles. The fourth-order valence-corrected chi connectivity index (χ4v) is 3.02. The molecule has 0 bridgehead atoms. The maximum absolute atomic E-state index is 6.17. The Morgan fingerprint density at radius 2 is 1.67 bits per heavy atom. The minimum Gasteiger partial charge on any atom is -0.490 e. The zero-order chi connectivity index (χ0) is 15.2. The van der Waals surface area contributed by atoms with E-state index in [1.807, 2.05) is 13.8 Å². The fourth-order valence-electron chi connectivity index (χ4n) is 3.02. The number of aryl methyl sites for hydroxylation is 1. The highest BCUT2D eigenvalue weighted by atomic mass is 16.5. The summed E-state index contributed by atoms with van der Waals surface area (Å²) in [6.07, 6.45) is 5.42. The molecule has 0 heterocycles. The van der Waals surface area contributed by atoms with Crippen LogP contribution in [0.3, 0.4) is 0 Å². The van der Waals surface area contributed by atoms with Gasteiger partial charge >= 0.3 is 0 Å². The number of rotatable bonds is 2. The van der Waals surface area contributed by atoms with Gasteiger partial charge in [-0.05, 0) is 67.0 Å². The molecule has 0 unspecified atom stereocenters. The first-order valence-electron chi connectivity index (χ1n) is 8.38. The van der Waals surface area contributed by atoms with Crippen molar-refractivity contribution in [3.8, 4) is 5.75 Å². The van der Waals surface area contributed by atoms with Gasteiger partial charge in [0.25, 0.3) is 0 Å². The molecule has 0 spiro atoms. The fraction of sp³-hybridized carbons (Fsp3) is 0.500. The Labute approximate surface area is 129 Å². The van der Waals surface area contributed by atoms with Crippen LogP contribution >= 0.6 is 0 Å². The lowest BCUT2D eigenvalue weighted by atomic mass is 9.89. The zero-order valence-corrected chi connectivity index (χ0v) is 13.9. The van der Waals surface area contributed by atoms with Crippen molar-refractivity contribution in [2.45, 2.75) is 59.5 Å². The molecule has 114 valence electrons.